The van der Waals surface area contributed by atoms with Gasteiger partial charge in [0.2, 0.25) is 5.76 Å². The molecule has 17 heavy (non-hydrogen) atoms. The first kappa shape index (κ1) is 11.8. The molecule has 2 heterocycles. The molecular formula is C10H11NO5S. The Hall–Kier alpha value is -1.63. The number of furan rings is 1. The molecule has 1 N–H and O–H groups in total. The van der Waals surface area contributed by atoms with Crippen LogP contribution >= 0.6 is 0 Å². The van der Waals surface area contributed by atoms with Crippen molar-refractivity contribution in [2.75, 3.05) is 24.6 Å². The molecule has 1 aliphatic heterocycles. The van der Waals surface area contributed by atoms with Crippen LogP contribution in [0.4, 0.5) is 0 Å². The van der Waals surface area contributed by atoms with Gasteiger partial charge in [0.15, 0.2) is 5.76 Å². The van der Waals surface area contributed by atoms with Gasteiger partial charge in [-0.1, -0.05) is 0 Å². The molecule has 2 rings (SSSR count). The lowest BCUT2D eigenvalue weighted by atomic mass is 10.3. The number of hydrogen-bond acceptors (Lipinski definition) is 4. The van der Waals surface area contributed by atoms with Crippen molar-refractivity contribution in [2.45, 2.75) is 0 Å². The van der Waals surface area contributed by atoms with Crippen molar-refractivity contribution in [3.8, 4) is 0 Å². The SMILES string of the molecule is O=C(O)c1ccc(C(=O)N2CCS(=O)CC2)o1. The fraction of sp³-hybridized carbons (Fsp3) is 0.400. The highest BCUT2D eigenvalue weighted by molar-refractivity contribution is 7.85. The van der Waals surface area contributed by atoms with E-state index in [9.17, 15) is 13.8 Å². The number of nitrogens with zero attached hydrogens (tertiary/aromatic N) is 1. The normalized spacial score (nSPS) is 17.1. The summed E-state index contributed by atoms with van der Waals surface area (Å²) in [6.45, 7) is 0.823. The molecule has 0 aromatic carbocycles. The monoisotopic (exact) mass is 257 g/mol. The van der Waals surface area contributed by atoms with Gasteiger partial charge < -0.3 is 14.4 Å². The smallest absolute Gasteiger partial charge is 0.371 e. The van der Waals surface area contributed by atoms with Gasteiger partial charge in [-0.2, -0.15) is 0 Å². The molecule has 6 nitrogen and oxygen atoms in total. The fourth-order valence-corrected chi connectivity index (χ4v) is 2.62. The van der Waals surface area contributed by atoms with E-state index in [0.717, 1.165) is 0 Å². The second-order valence-corrected chi connectivity index (χ2v) is 5.31. The summed E-state index contributed by atoms with van der Waals surface area (Å²) in [7, 11) is -0.855. The molecule has 1 aliphatic rings. The van der Waals surface area contributed by atoms with E-state index in [1.807, 2.05) is 0 Å². The zero-order chi connectivity index (χ0) is 12.4. The summed E-state index contributed by atoms with van der Waals surface area (Å²) >= 11 is 0. The van der Waals surface area contributed by atoms with Gasteiger partial charge in [-0.05, 0) is 12.1 Å². The molecule has 0 atom stereocenters. The van der Waals surface area contributed by atoms with Crippen LogP contribution in [0.25, 0.3) is 0 Å². The minimum absolute atomic E-state index is 0.00934. The van der Waals surface area contributed by atoms with E-state index in [1.165, 1.54) is 17.0 Å². The Kier molecular flexibility index (Phi) is 3.28. The van der Waals surface area contributed by atoms with Crippen LogP contribution in [0.5, 0.6) is 0 Å². The molecule has 0 radical (unpaired) electrons. The van der Waals surface area contributed by atoms with Crippen LogP contribution in [0.1, 0.15) is 21.1 Å². The number of hydrogen-bond donors (Lipinski definition) is 1. The van der Waals surface area contributed by atoms with Crippen LogP contribution in [0.3, 0.4) is 0 Å². The molecule has 0 saturated carbocycles. The highest BCUT2D eigenvalue weighted by Gasteiger charge is 2.24. The fourth-order valence-electron chi connectivity index (χ4n) is 1.56. The number of rotatable bonds is 2. The van der Waals surface area contributed by atoms with Crippen molar-refractivity contribution < 1.29 is 23.3 Å². The molecule has 0 unspecified atom stereocenters. The van der Waals surface area contributed by atoms with E-state index in [1.54, 1.807) is 0 Å². The third-order valence-corrected chi connectivity index (χ3v) is 3.77. The van der Waals surface area contributed by atoms with Gasteiger partial charge in [-0.25, -0.2) is 4.79 Å². The summed E-state index contributed by atoms with van der Waals surface area (Å²) in [5, 5.41) is 8.67. The van der Waals surface area contributed by atoms with E-state index in [2.05, 4.69) is 0 Å². The Morgan fingerprint density at radius 3 is 2.35 bits per heavy atom. The highest BCUT2D eigenvalue weighted by atomic mass is 32.2. The Balaban J connectivity index is 2.08. The van der Waals surface area contributed by atoms with E-state index < -0.39 is 16.8 Å². The van der Waals surface area contributed by atoms with E-state index in [-0.39, 0.29) is 17.4 Å². The summed E-state index contributed by atoms with van der Waals surface area (Å²) in [5.41, 5.74) is 0. The van der Waals surface area contributed by atoms with Crippen LogP contribution in [-0.4, -0.2) is 50.7 Å². The Morgan fingerprint density at radius 1 is 1.24 bits per heavy atom. The third-order valence-electron chi connectivity index (χ3n) is 2.49. The van der Waals surface area contributed by atoms with E-state index in [0.29, 0.717) is 24.6 Å². The number of carbonyl (C=O) groups is 2. The van der Waals surface area contributed by atoms with Crippen LogP contribution in [-0.2, 0) is 10.8 Å². The lowest BCUT2D eigenvalue weighted by Crippen LogP contribution is -2.41. The van der Waals surface area contributed by atoms with E-state index >= 15 is 0 Å². The molecule has 1 aromatic heterocycles. The van der Waals surface area contributed by atoms with Gasteiger partial charge >= 0.3 is 5.97 Å². The number of carboxylic acid groups (broad SMARTS) is 1. The van der Waals surface area contributed by atoms with Crippen LogP contribution < -0.4 is 0 Å². The second kappa shape index (κ2) is 4.70. The Morgan fingerprint density at radius 2 is 1.82 bits per heavy atom. The molecule has 1 fully saturated rings. The zero-order valence-corrected chi connectivity index (χ0v) is 9.74. The van der Waals surface area contributed by atoms with Gasteiger partial charge in [0, 0.05) is 35.4 Å². The van der Waals surface area contributed by atoms with E-state index in [4.69, 9.17) is 9.52 Å². The maximum atomic E-state index is 11.9. The predicted molar refractivity (Wildman–Crippen MR) is 59.4 cm³/mol. The molecular weight excluding hydrogens is 246 g/mol. The van der Waals surface area contributed by atoms with Crippen molar-refractivity contribution in [3.05, 3.63) is 23.7 Å². The van der Waals surface area contributed by atoms with Gasteiger partial charge in [-0.15, -0.1) is 0 Å². The number of carbonyl (C=O) groups excluding carboxylic acids is 1. The summed E-state index contributed by atoms with van der Waals surface area (Å²) in [6, 6.07) is 2.59. The molecule has 1 saturated heterocycles. The van der Waals surface area contributed by atoms with Gasteiger partial charge in [0.25, 0.3) is 5.91 Å². The van der Waals surface area contributed by atoms with Crippen molar-refractivity contribution >= 4 is 22.7 Å². The largest absolute Gasteiger partial charge is 0.475 e. The molecule has 0 aliphatic carbocycles. The zero-order valence-electron chi connectivity index (χ0n) is 8.92. The van der Waals surface area contributed by atoms with Gasteiger partial charge in [0.05, 0.1) is 0 Å². The average molecular weight is 257 g/mol. The minimum atomic E-state index is -1.20. The van der Waals surface area contributed by atoms with Crippen molar-refractivity contribution in [1.29, 1.82) is 0 Å². The molecule has 0 bridgehead atoms. The minimum Gasteiger partial charge on any atom is -0.475 e. The molecule has 1 amide bonds. The van der Waals surface area contributed by atoms with Crippen molar-refractivity contribution in [1.82, 2.24) is 4.90 Å². The van der Waals surface area contributed by atoms with Crippen molar-refractivity contribution in [3.63, 3.8) is 0 Å². The molecule has 1 aromatic rings. The first-order chi connectivity index (χ1) is 8.08. The predicted octanol–water partition coefficient (Wildman–Crippen LogP) is 0.182. The summed E-state index contributed by atoms with van der Waals surface area (Å²) in [4.78, 5) is 24.0. The average Bonchev–Trinajstić information content (AvgIpc) is 2.78. The summed E-state index contributed by atoms with van der Waals surface area (Å²) in [6.07, 6.45) is 0. The second-order valence-electron chi connectivity index (χ2n) is 3.61. The summed E-state index contributed by atoms with van der Waals surface area (Å²) in [5.74, 6) is -0.891. The first-order valence-electron chi connectivity index (χ1n) is 5.05. The number of amides is 1. The van der Waals surface area contributed by atoms with Crippen molar-refractivity contribution in [2.24, 2.45) is 0 Å². The maximum Gasteiger partial charge on any atom is 0.371 e. The number of aromatic carboxylic acids is 1. The lowest BCUT2D eigenvalue weighted by molar-refractivity contribution is 0.0651. The Bertz CT molecular complexity index is 471. The van der Waals surface area contributed by atoms with Crippen LogP contribution in [0, 0.1) is 0 Å². The van der Waals surface area contributed by atoms with Crippen LogP contribution in [0.2, 0.25) is 0 Å². The van der Waals surface area contributed by atoms with Gasteiger partial charge in [0.1, 0.15) is 0 Å². The van der Waals surface area contributed by atoms with Crippen LogP contribution in [0.15, 0.2) is 16.5 Å². The van der Waals surface area contributed by atoms with Gasteiger partial charge in [-0.3, -0.25) is 9.00 Å². The number of carboxylic acids is 1. The Labute approximate surface area is 99.7 Å². The topological polar surface area (TPSA) is 87.8 Å². The lowest BCUT2D eigenvalue weighted by Gasteiger charge is -2.25. The maximum absolute atomic E-state index is 11.9. The molecule has 0 spiro atoms. The molecule has 7 heteroatoms. The third kappa shape index (κ3) is 2.55. The molecule has 92 valence electrons. The highest BCUT2D eigenvalue weighted by Crippen LogP contribution is 2.12. The standard InChI is InChI=1S/C10H11NO5S/c12-9(11-3-5-17(15)6-4-11)7-1-2-8(16-7)10(13)14/h1-2H,3-6H2,(H,13,14). The summed E-state index contributed by atoms with van der Waals surface area (Å²) < 4.78 is 16.1. The first-order valence-corrected chi connectivity index (χ1v) is 6.54. The quantitative estimate of drug-likeness (QED) is 0.816.